The van der Waals surface area contributed by atoms with Crippen LogP contribution in [0.5, 0.6) is 0 Å². The lowest BCUT2D eigenvalue weighted by Gasteiger charge is -2.41. The number of fused-ring (bicyclic) bond motifs is 1. The molecule has 2 saturated heterocycles. The highest BCUT2D eigenvalue weighted by atomic mass is 28.3. The van der Waals surface area contributed by atoms with E-state index in [9.17, 15) is 5.21 Å². The minimum atomic E-state index is -1.47. The lowest BCUT2D eigenvalue weighted by molar-refractivity contribution is -0.863. The number of quaternary nitrogens is 1. The molecule has 2 aliphatic heterocycles. The number of ether oxygens (including phenoxy) is 2. The molecule has 2 rings (SSSR count). The van der Waals surface area contributed by atoms with Crippen molar-refractivity contribution in [2.24, 2.45) is 0 Å². The molecule has 1 unspecified atom stereocenters. The van der Waals surface area contributed by atoms with Gasteiger partial charge in [-0.25, -0.2) is 0 Å². The molecule has 2 aliphatic rings. The molecule has 5 heteroatoms. The molecule has 0 bridgehead atoms. The van der Waals surface area contributed by atoms with Gasteiger partial charge in [0.2, 0.25) is 0 Å². The van der Waals surface area contributed by atoms with E-state index in [-0.39, 0.29) is 18.2 Å². The summed E-state index contributed by atoms with van der Waals surface area (Å²) in [5.74, 6) is -0.526. The van der Waals surface area contributed by atoms with Crippen LogP contribution < -0.4 is 5.06 Å². The first kappa shape index (κ1) is 15.4. The number of hydrogen-bond donors (Lipinski definition) is 1. The lowest BCUT2D eigenvalue weighted by Crippen LogP contribution is -3.10. The quantitative estimate of drug-likeness (QED) is 0.622. The highest BCUT2D eigenvalue weighted by molar-refractivity contribution is 6.80. The van der Waals surface area contributed by atoms with Gasteiger partial charge in [0.05, 0.1) is 8.07 Å². The fraction of sp³-hybridized carbons (Fsp3) is 1.00. The highest BCUT2D eigenvalue weighted by Crippen LogP contribution is 2.41. The van der Waals surface area contributed by atoms with Gasteiger partial charge < -0.3 is 19.7 Å². The SMILES string of the molecule is CC1(C)O[C@H]2[C@H](C[NH+]([O-])[C@@H]2C[Si](C)(C)C(C)(C)C)O1. The molecule has 2 heterocycles. The largest absolute Gasteiger partial charge is 0.634 e. The predicted molar refractivity (Wildman–Crippen MR) is 78.8 cm³/mol. The minimum absolute atomic E-state index is 0.0164. The van der Waals surface area contributed by atoms with Crippen molar-refractivity contribution in [1.82, 2.24) is 0 Å². The number of hydrogen-bond acceptors (Lipinski definition) is 3. The van der Waals surface area contributed by atoms with Gasteiger partial charge in [0.1, 0.15) is 24.8 Å². The molecule has 4 nitrogen and oxygen atoms in total. The van der Waals surface area contributed by atoms with Crippen LogP contribution in [0.1, 0.15) is 34.6 Å². The maximum Gasteiger partial charge on any atom is 0.164 e. The zero-order valence-corrected chi connectivity index (χ0v) is 14.4. The van der Waals surface area contributed by atoms with E-state index in [4.69, 9.17) is 9.47 Å². The summed E-state index contributed by atoms with van der Waals surface area (Å²) < 4.78 is 11.8. The third-order valence-electron chi connectivity index (χ3n) is 5.19. The van der Waals surface area contributed by atoms with Crippen LogP contribution in [-0.4, -0.2) is 38.7 Å². The average molecular weight is 287 g/mol. The second kappa shape index (κ2) is 4.53. The van der Waals surface area contributed by atoms with Crippen molar-refractivity contribution in [1.29, 1.82) is 0 Å². The molecule has 0 aromatic heterocycles. The maximum absolute atomic E-state index is 12.3. The first-order valence-corrected chi connectivity index (χ1v) is 10.5. The second-order valence-electron chi connectivity index (χ2n) is 8.25. The topological polar surface area (TPSA) is 46.0 Å². The van der Waals surface area contributed by atoms with Gasteiger partial charge in [0, 0.05) is 0 Å². The van der Waals surface area contributed by atoms with Crippen LogP contribution in [0.15, 0.2) is 0 Å². The van der Waals surface area contributed by atoms with Gasteiger partial charge in [0.15, 0.2) is 5.79 Å². The summed E-state index contributed by atoms with van der Waals surface area (Å²) in [6.07, 6.45) is -0.0334. The van der Waals surface area contributed by atoms with Crippen molar-refractivity contribution in [3.05, 3.63) is 5.21 Å². The van der Waals surface area contributed by atoms with Gasteiger partial charge in [-0.3, -0.25) is 0 Å². The summed E-state index contributed by atoms with van der Waals surface area (Å²) in [6.45, 7) is 16.1. The molecule has 19 heavy (non-hydrogen) atoms. The second-order valence-corrected chi connectivity index (χ2v) is 13.9. The summed E-state index contributed by atoms with van der Waals surface area (Å²) in [4.78, 5) is 0. The Bertz CT molecular complexity index is 351. The van der Waals surface area contributed by atoms with E-state index in [1.165, 1.54) is 0 Å². The fourth-order valence-corrected chi connectivity index (χ4v) is 5.15. The van der Waals surface area contributed by atoms with Crippen LogP contribution in [0.2, 0.25) is 24.2 Å². The Labute approximate surface area is 118 Å². The van der Waals surface area contributed by atoms with Crippen molar-refractivity contribution in [2.75, 3.05) is 6.54 Å². The summed E-state index contributed by atoms with van der Waals surface area (Å²) >= 11 is 0. The predicted octanol–water partition coefficient (Wildman–Crippen LogP) is 1.78. The highest BCUT2D eigenvalue weighted by Gasteiger charge is 2.55. The van der Waals surface area contributed by atoms with E-state index in [0.717, 1.165) is 6.04 Å². The number of nitrogens with one attached hydrogen (secondary N) is 1. The van der Waals surface area contributed by atoms with Gasteiger partial charge >= 0.3 is 0 Å². The summed E-state index contributed by atoms with van der Waals surface area (Å²) in [5.41, 5.74) is 0. The first-order valence-electron chi connectivity index (χ1n) is 7.31. The first-order chi connectivity index (χ1) is 8.43. The van der Waals surface area contributed by atoms with E-state index in [1.807, 2.05) is 13.8 Å². The van der Waals surface area contributed by atoms with Crippen molar-refractivity contribution >= 4 is 8.07 Å². The van der Waals surface area contributed by atoms with Crippen LogP contribution in [-0.2, 0) is 9.47 Å². The molecule has 2 fully saturated rings. The summed E-state index contributed by atoms with van der Waals surface area (Å²) in [7, 11) is -1.47. The normalized spacial score (nSPS) is 38.5. The molecule has 0 aromatic carbocycles. The van der Waals surface area contributed by atoms with E-state index < -0.39 is 13.9 Å². The lowest BCUT2D eigenvalue weighted by atomic mass is 10.2. The molecule has 0 radical (unpaired) electrons. The van der Waals surface area contributed by atoms with Crippen LogP contribution in [0.4, 0.5) is 0 Å². The Balaban J connectivity index is 2.12. The smallest absolute Gasteiger partial charge is 0.164 e. The average Bonchev–Trinajstić information content (AvgIpc) is 2.59. The zero-order chi connectivity index (χ0) is 14.6. The van der Waals surface area contributed by atoms with Crippen LogP contribution in [0, 0.1) is 5.21 Å². The molecule has 0 aliphatic carbocycles. The Morgan fingerprint density at radius 2 is 1.84 bits per heavy atom. The molecule has 0 spiro atoms. The van der Waals surface area contributed by atoms with Gasteiger partial charge in [-0.15, -0.1) is 0 Å². The maximum atomic E-state index is 12.3. The molecule has 1 N–H and O–H groups in total. The van der Waals surface area contributed by atoms with Crippen LogP contribution in [0.25, 0.3) is 0 Å². The Morgan fingerprint density at radius 3 is 2.37 bits per heavy atom. The van der Waals surface area contributed by atoms with E-state index in [0.29, 0.717) is 16.6 Å². The van der Waals surface area contributed by atoms with Gasteiger partial charge in [0.25, 0.3) is 0 Å². The molecular formula is C14H29NO3Si. The number of hydroxylamine groups is 2. The fourth-order valence-electron chi connectivity index (χ4n) is 2.98. The van der Waals surface area contributed by atoms with Crippen LogP contribution >= 0.6 is 0 Å². The Kier molecular flexibility index (Phi) is 3.68. The zero-order valence-electron chi connectivity index (χ0n) is 13.4. The van der Waals surface area contributed by atoms with Gasteiger partial charge in [-0.2, -0.15) is 0 Å². The third-order valence-corrected chi connectivity index (χ3v) is 10.7. The van der Waals surface area contributed by atoms with Gasteiger partial charge in [-0.1, -0.05) is 33.9 Å². The molecular weight excluding hydrogens is 258 g/mol. The Morgan fingerprint density at radius 1 is 1.26 bits per heavy atom. The molecule has 0 amide bonds. The Hall–Kier alpha value is 0.0569. The van der Waals surface area contributed by atoms with Crippen molar-refractivity contribution in [3.63, 3.8) is 0 Å². The molecule has 112 valence electrons. The third kappa shape index (κ3) is 2.90. The summed E-state index contributed by atoms with van der Waals surface area (Å²) in [6, 6.07) is 1.06. The number of rotatable bonds is 2. The van der Waals surface area contributed by atoms with Crippen molar-refractivity contribution in [3.8, 4) is 0 Å². The van der Waals surface area contributed by atoms with E-state index in [2.05, 4.69) is 33.9 Å². The monoisotopic (exact) mass is 287 g/mol. The molecule has 0 aromatic rings. The van der Waals surface area contributed by atoms with Crippen molar-refractivity contribution < 1.29 is 14.5 Å². The molecule has 0 saturated carbocycles. The molecule has 4 atom stereocenters. The standard InChI is InChI=1S/C14H29NO3Si/c1-13(2,3)19(6,7)9-10-12-11(8-15(10)16)17-14(4,5)18-12/h10-12,15H,8-9H2,1-7H3/t10-,11+,12-/m1/s1. The van der Waals surface area contributed by atoms with Crippen LogP contribution in [0.3, 0.4) is 0 Å². The van der Waals surface area contributed by atoms with E-state index in [1.54, 1.807) is 0 Å². The van der Waals surface area contributed by atoms with Crippen molar-refractivity contribution in [2.45, 2.75) is 82.8 Å². The summed E-state index contributed by atoms with van der Waals surface area (Å²) in [5, 5.41) is 12.9. The van der Waals surface area contributed by atoms with E-state index >= 15 is 0 Å². The minimum Gasteiger partial charge on any atom is -0.634 e. The van der Waals surface area contributed by atoms with Gasteiger partial charge in [-0.05, 0) is 24.9 Å².